The molecule has 0 bridgehead atoms. The van der Waals surface area contributed by atoms with Gasteiger partial charge in [0.1, 0.15) is 11.6 Å². The number of phenolic OH excluding ortho intramolecular Hbond substituents is 1. The summed E-state index contributed by atoms with van der Waals surface area (Å²) in [6.07, 6.45) is -2.54. The van der Waals surface area contributed by atoms with Gasteiger partial charge in [-0.2, -0.15) is 18.3 Å². The third kappa shape index (κ3) is 3.98. The van der Waals surface area contributed by atoms with Crippen LogP contribution in [0.5, 0.6) is 5.75 Å². The normalized spacial score (nSPS) is 11.6. The topological polar surface area (TPSA) is 75.3 Å². The largest absolute Gasteiger partial charge is 0.507 e. The summed E-state index contributed by atoms with van der Waals surface area (Å²) in [5, 5.41) is 22.8. The van der Waals surface area contributed by atoms with Crippen molar-refractivity contribution < 1.29 is 32.6 Å². The molecule has 1 heterocycles. The number of nitrogens with zero attached hydrogens (tertiary/aromatic N) is 2. The molecule has 0 saturated carbocycles. The Kier molecular flexibility index (Phi) is 5.08. The molecule has 0 aliphatic heterocycles. The minimum atomic E-state index is -4.87. The van der Waals surface area contributed by atoms with Gasteiger partial charge in [0.15, 0.2) is 0 Å². The van der Waals surface area contributed by atoms with Gasteiger partial charge in [-0.3, -0.25) is 9.48 Å². The van der Waals surface area contributed by atoms with E-state index in [4.69, 9.17) is 5.11 Å². The van der Waals surface area contributed by atoms with Crippen molar-refractivity contribution in [1.29, 1.82) is 0 Å². The minimum absolute atomic E-state index is 0.00268. The Bertz CT molecular complexity index is 1030. The Hall–Kier alpha value is -3.36. The summed E-state index contributed by atoms with van der Waals surface area (Å²) in [5.74, 6) is -2.55. The second-order valence-corrected chi connectivity index (χ2v) is 6.03. The van der Waals surface area contributed by atoms with E-state index in [0.29, 0.717) is 6.07 Å². The van der Waals surface area contributed by atoms with Crippen LogP contribution in [0.3, 0.4) is 0 Å². The molecule has 2 aromatic carbocycles. The molecule has 28 heavy (non-hydrogen) atoms. The van der Waals surface area contributed by atoms with E-state index in [0.717, 1.165) is 6.07 Å². The number of benzene rings is 2. The predicted molar refractivity (Wildman–Crippen MR) is 92.0 cm³/mol. The van der Waals surface area contributed by atoms with Gasteiger partial charge in [-0.1, -0.05) is 18.2 Å². The van der Waals surface area contributed by atoms with E-state index in [1.807, 2.05) is 0 Å². The fraction of sp³-hybridized carbons (Fsp3) is 0.158. The van der Waals surface area contributed by atoms with Gasteiger partial charge < -0.3 is 10.2 Å². The number of para-hydroxylation sites is 1. The molecule has 0 spiro atoms. The average molecular weight is 394 g/mol. The van der Waals surface area contributed by atoms with Crippen molar-refractivity contribution >= 4 is 5.97 Å². The molecule has 0 unspecified atom stereocenters. The number of aromatic hydroxyl groups is 1. The van der Waals surface area contributed by atoms with E-state index in [9.17, 15) is 27.5 Å². The van der Waals surface area contributed by atoms with Crippen molar-refractivity contribution in [2.24, 2.45) is 0 Å². The summed E-state index contributed by atoms with van der Waals surface area (Å²) in [5.41, 5.74) is -1.68. The Labute approximate surface area is 156 Å². The smallest absolute Gasteiger partial charge is 0.417 e. The zero-order chi connectivity index (χ0) is 20.5. The van der Waals surface area contributed by atoms with Gasteiger partial charge in [0.05, 0.1) is 24.7 Å². The number of alkyl halides is 3. The molecule has 0 amide bonds. The van der Waals surface area contributed by atoms with Gasteiger partial charge >= 0.3 is 12.1 Å². The van der Waals surface area contributed by atoms with Gasteiger partial charge in [-0.15, -0.1) is 0 Å². The van der Waals surface area contributed by atoms with Crippen LogP contribution in [-0.4, -0.2) is 26.0 Å². The lowest BCUT2D eigenvalue weighted by molar-refractivity contribution is -0.138. The number of aliphatic carboxylic acids is 1. The molecular formula is C19H14F4N2O3. The highest BCUT2D eigenvalue weighted by Gasteiger charge is 2.36. The fourth-order valence-corrected chi connectivity index (χ4v) is 2.87. The first kappa shape index (κ1) is 19.4. The Balaban J connectivity index is 2.22. The van der Waals surface area contributed by atoms with Crippen LogP contribution >= 0.6 is 0 Å². The Morgan fingerprint density at radius 3 is 2.50 bits per heavy atom. The summed E-state index contributed by atoms with van der Waals surface area (Å²) in [7, 11) is 0. The SMILES string of the molecule is O=C(O)CCn1cc(-c2cc(F)cc(C(F)(F)F)c2-c2ccccc2O)cn1. The number of carboxylic acid groups (broad SMARTS) is 1. The third-order valence-corrected chi connectivity index (χ3v) is 4.08. The van der Waals surface area contributed by atoms with Crippen molar-refractivity contribution in [2.45, 2.75) is 19.1 Å². The molecule has 146 valence electrons. The Morgan fingerprint density at radius 1 is 1.14 bits per heavy atom. The lowest BCUT2D eigenvalue weighted by Gasteiger charge is -2.18. The molecular weight excluding hydrogens is 380 g/mol. The van der Waals surface area contributed by atoms with E-state index in [1.54, 1.807) is 0 Å². The first-order chi connectivity index (χ1) is 13.2. The van der Waals surface area contributed by atoms with E-state index < -0.39 is 23.5 Å². The van der Waals surface area contributed by atoms with Crippen LogP contribution in [0, 0.1) is 5.82 Å². The Morgan fingerprint density at radius 2 is 1.86 bits per heavy atom. The molecule has 3 aromatic rings. The van der Waals surface area contributed by atoms with Gasteiger partial charge in [-0.05, 0) is 23.8 Å². The standard InChI is InChI=1S/C19H14F4N2O3/c20-12-7-14(11-9-24-25(10-11)6-5-17(27)28)18(15(8-12)19(21,22)23)13-3-1-2-4-16(13)26/h1-4,7-10,26H,5-6H2,(H,27,28). The number of carbonyl (C=O) groups is 1. The van der Waals surface area contributed by atoms with Crippen LogP contribution in [0.25, 0.3) is 22.3 Å². The van der Waals surface area contributed by atoms with E-state index in [-0.39, 0.29) is 41.0 Å². The zero-order valence-corrected chi connectivity index (χ0v) is 14.2. The number of carboxylic acids is 1. The molecule has 0 aliphatic rings. The van der Waals surface area contributed by atoms with Gasteiger partial charge in [0, 0.05) is 22.9 Å². The van der Waals surface area contributed by atoms with Crippen molar-refractivity contribution in [1.82, 2.24) is 9.78 Å². The lowest BCUT2D eigenvalue weighted by atomic mass is 9.90. The maximum Gasteiger partial charge on any atom is 0.417 e. The van der Waals surface area contributed by atoms with E-state index in [1.165, 1.54) is 41.3 Å². The van der Waals surface area contributed by atoms with Crippen LogP contribution in [0.1, 0.15) is 12.0 Å². The van der Waals surface area contributed by atoms with Crippen LogP contribution in [0.15, 0.2) is 48.8 Å². The van der Waals surface area contributed by atoms with Crippen molar-refractivity contribution in [3.8, 4) is 28.0 Å². The minimum Gasteiger partial charge on any atom is -0.507 e. The van der Waals surface area contributed by atoms with Crippen LogP contribution < -0.4 is 0 Å². The molecule has 5 nitrogen and oxygen atoms in total. The highest BCUT2D eigenvalue weighted by Crippen LogP contribution is 2.45. The molecule has 0 aliphatic carbocycles. The van der Waals surface area contributed by atoms with Crippen LogP contribution in [0.2, 0.25) is 0 Å². The average Bonchev–Trinajstić information content (AvgIpc) is 3.08. The number of rotatable bonds is 5. The zero-order valence-electron chi connectivity index (χ0n) is 14.2. The molecule has 0 radical (unpaired) electrons. The molecule has 0 atom stereocenters. The number of hydrogen-bond acceptors (Lipinski definition) is 3. The van der Waals surface area contributed by atoms with Crippen LogP contribution in [-0.2, 0) is 17.5 Å². The van der Waals surface area contributed by atoms with E-state index >= 15 is 0 Å². The summed E-state index contributed by atoms with van der Waals surface area (Å²) in [6.45, 7) is 0.00268. The molecule has 2 N–H and O–H groups in total. The summed E-state index contributed by atoms with van der Waals surface area (Å²) in [4.78, 5) is 10.7. The van der Waals surface area contributed by atoms with Gasteiger partial charge in [0.2, 0.25) is 0 Å². The summed E-state index contributed by atoms with van der Waals surface area (Å²) >= 11 is 0. The molecule has 0 fully saturated rings. The van der Waals surface area contributed by atoms with Crippen molar-refractivity contribution in [2.75, 3.05) is 0 Å². The fourth-order valence-electron chi connectivity index (χ4n) is 2.87. The lowest BCUT2D eigenvalue weighted by Crippen LogP contribution is -2.09. The number of aromatic nitrogens is 2. The van der Waals surface area contributed by atoms with Crippen LogP contribution in [0.4, 0.5) is 17.6 Å². The molecule has 3 rings (SSSR count). The first-order valence-corrected chi connectivity index (χ1v) is 8.10. The molecule has 9 heteroatoms. The third-order valence-electron chi connectivity index (χ3n) is 4.08. The van der Waals surface area contributed by atoms with E-state index in [2.05, 4.69) is 5.10 Å². The summed E-state index contributed by atoms with van der Waals surface area (Å²) < 4.78 is 56.1. The number of halogens is 4. The molecule has 0 saturated heterocycles. The highest BCUT2D eigenvalue weighted by molar-refractivity contribution is 5.88. The quantitative estimate of drug-likeness (QED) is 0.623. The predicted octanol–water partition coefficient (Wildman–Crippen LogP) is 4.56. The number of aryl methyl sites for hydroxylation is 1. The first-order valence-electron chi connectivity index (χ1n) is 8.10. The maximum atomic E-state index is 14.0. The highest BCUT2D eigenvalue weighted by atomic mass is 19.4. The second kappa shape index (κ2) is 7.34. The van der Waals surface area contributed by atoms with Crippen molar-refractivity contribution in [3.05, 3.63) is 60.2 Å². The number of phenols is 1. The maximum absolute atomic E-state index is 14.0. The summed E-state index contributed by atoms with van der Waals surface area (Å²) in [6, 6.07) is 6.75. The molecule has 1 aromatic heterocycles. The van der Waals surface area contributed by atoms with Gasteiger partial charge in [0.25, 0.3) is 0 Å². The second-order valence-electron chi connectivity index (χ2n) is 6.03. The number of hydrogen-bond donors (Lipinski definition) is 2. The van der Waals surface area contributed by atoms with Crippen molar-refractivity contribution in [3.63, 3.8) is 0 Å². The monoisotopic (exact) mass is 394 g/mol. The van der Waals surface area contributed by atoms with Gasteiger partial charge in [-0.25, -0.2) is 4.39 Å².